The number of anilines is 1. The van der Waals surface area contributed by atoms with Crippen LogP contribution in [0.1, 0.15) is 18.1 Å². The van der Waals surface area contributed by atoms with Crippen molar-refractivity contribution in [2.45, 2.75) is 24.4 Å². The minimum Gasteiger partial charge on any atom is -0.356 e. The van der Waals surface area contributed by atoms with E-state index in [2.05, 4.69) is 10.0 Å². The Labute approximate surface area is 149 Å². The first kappa shape index (κ1) is 19.8. The number of amides is 1. The summed E-state index contributed by atoms with van der Waals surface area (Å²) in [6, 6.07) is 9.76. The second-order valence-electron chi connectivity index (χ2n) is 5.56. The highest BCUT2D eigenvalue weighted by molar-refractivity contribution is 7.92. The van der Waals surface area contributed by atoms with E-state index in [-0.39, 0.29) is 16.5 Å². The number of hydrogen-bond donors (Lipinski definition) is 2. The van der Waals surface area contributed by atoms with Crippen LogP contribution in [0.4, 0.5) is 18.9 Å². The molecular weight excluding hydrogens is 369 g/mol. The van der Waals surface area contributed by atoms with Crippen LogP contribution in [-0.2, 0) is 27.4 Å². The number of rotatable bonds is 6. The summed E-state index contributed by atoms with van der Waals surface area (Å²) < 4.78 is 64.4. The molecule has 2 N–H and O–H groups in total. The van der Waals surface area contributed by atoms with Crippen molar-refractivity contribution >= 4 is 21.6 Å². The summed E-state index contributed by atoms with van der Waals surface area (Å²) in [6.07, 6.45) is -3.93. The van der Waals surface area contributed by atoms with Crippen molar-refractivity contribution in [3.8, 4) is 0 Å². The van der Waals surface area contributed by atoms with Crippen molar-refractivity contribution in [3.05, 3.63) is 59.7 Å². The number of alkyl halides is 3. The predicted octanol–water partition coefficient (Wildman–Crippen LogP) is 3.18. The largest absolute Gasteiger partial charge is 0.416 e. The normalized spacial score (nSPS) is 11.8. The second-order valence-corrected chi connectivity index (χ2v) is 7.24. The molecule has 9 heteroatoms. The minimum atomic E-state index is -4.48. The molecule has 0 aliphatic rings. The topological polar surface area (TPSA) is 75.3 Å². The Morgan fingerprint density at radius 1 is 1.00 bits per heavy atom. The lowest BCUT2D eigenvalue weighted by Gasteiger charge is -2.11. The number of halogens is 3. The fraction of sp³-hybridized carbons (Fsp3) is 0.235. The van der Waals surface area contributed by atoms with E-state index in [9.17, 15) is 26.4 Å². The molecule has 0 atom stereocenters. The molecule has 2 aromatic carbocycles. The average Bonchev–Trinajstić information content (AvgIpc) is 2.54. The first-order chi connectivity index (χ1) is 12.1. The molecule has 140 valence electrons. The van der Waals surface area contributed by atoms with Gasteiger partial charge in [0.05, 0.1) is 10.5 Å². The third-order valence-corrected chi connectivity index (χ3v) is 4.88. The van der Waals surface area contributed by atoms with Crippen LogP contribution in [0, 0.1) is 0 Å². The summed E-state index contributed by atoms with van der Waals surface area (Å²) in [5, 5.41) is 2.64. The lowest BCUT2D eigenvalue weighted by molar-refractivity contribution is -0.137. The number of benzene rings is 2. The van der Waals surface area contributed by atoms with Crippen molar-refractivity contribution < 1.29 is 26.4 Å². The first-order valence-corrected chi connectivity index (χ1v) is 9.10. The Balaban J connectivity index is 2.06. The van der Waals surface area contributed by atoms with Crippen molar-refractivity contribution in [1.82, 2.24) is 5.32 Å². The van der Waals surface area contributed by atoms with Gasteiger partial charge in [0.1, 0.15) is 0 Å². The van der Waals surface area contributed by atoms with E-state index in [1.807, 2.05) is 0 Å². The van der Waals surface area contributed by atoms with Crippen LogP contribution >= 0.6 is 0 Å². The lowest BCUT2D eigenvalue weighted by atomic mass is 10.1. The highest BCUT2D eigenvalue weighted by atomic mass is 32.2. The molecule has 0 aliphatic heterocycles. The van der Waals surface area contributed by atoms with Crippen molar-refractivity contribution in [2.75, 3.05) is 11.3 Å². The molecule has 1 amide bonds. The molecule has 0 saturated heterocycles. The number of nitrogens with one attached hydrogen (secondary N) is 2. The maximum atomic E-state index is 12.5. The van der Waals surface area contributed by atoms with Crippen LogP contribution in [0.3, 0.4) is 0 Å². The Morgan fingerprint density at radius 3 is 2.08 bits per heavy atom. The molecule has 0 aliphatic carbocycles. The summed E-state index contributed by atoms with van der Waals surface area (Å²) in [4.78, 5) is 10.8. The quantitative estimate of drug-likeness (QED) is 0.801. The molecule has 2 rings (SSSR count). The number of hydrogen-bond acceptors (Lipinski definition) is 3. The van der Waals surface area contributed by atoms with Gasteiger partial charge in [-0.25, -0.2) is 8.42 Å². The summed E-state index contributed by atoms with van der Waals surface area (Å²) in [5.74, 6) is -0.148. The molecule has 0 radical (unpaired) electrons. The van der Waals surface area contributed by atoms with E-state index in [4.69, 9.17) is 0 Å². The Kier molecular flexibility index (Phi) is 5.91. The molecule has 0 saturated carbocycles. The van der Waals surface area contributed by atoms with Crippen LogP contribution in [0.5, 0.6) is 0 Å². The van der Waals surface area contributed by atoms with Gasteiger partial charge in [0.25, 0.3) is 10.0 Å². The Hall–Kier alpha value is -2.55. The van der Waals surface area contributed by atoms with Crippen LogP contribution in [0.25, 0.3) is 0 Å². The molecule has 0 aromatic heterocycles. The summed E-state index contributed by atoms with van der Waals surface area (Å²) >= 11 is 0. The van der Waals surface area contributed by atoms with Gasteiger partial charge in [-0.2, -0.15) is 13.2 Å². The van der Waals surface area contributed by atoms with E-state index < -0.39 is 21.8 Å². The third-order valence-electron chi connectivity index (χ3n) is 3.49. The van der Waals surface area contributed by atoms with Crippen molar-refractivity contribution in [2.24, 2.45) is 0 Å². The zero-order valence-electron chi connectivity index (χ0n) is 13.8. The zero-order valence-corrected chi connectivity index (χ0v) is 14.6. The molecule has 0 unspecified atom stereocenters. The van der Waals surface area contributed by atoms with Gasteiger partial charge >= 0.3 is 6.18 Å². The van der Waals surface area contributed by atoms with Gasteiger partial charge in [-0.3, -0.25) is 9.52 Å². The SMILES string of the molecule is CC(=O)NCCc1ccc(S(=O)(=O)Nc2ccc(C(F)(F)F)cc2)cc1. The van der Waals surface area contributed by atoms with Gasteiger partial charge < -0.3 is 5.32 Å². The van der Waals surface area contributed by atoms with E-state index in [1.165, 1.54) is 19.1 Å². The van der Waals surface area contributed by atoms with Gasteiger partial charge in [0, 0.05) is 19.2 Å². The predicted molar refractivity (Wildman–Crippen MR) is 91.1 cm³/mol. The molecule has 0 spiro atoms. The minimum absolute atomic E-state index is 0.0133. The fourth-order valence-corrected chi connectivity index (χ4v) is 3.22. The van der Waals surface area contributed by atoms with Crippen LogP contribution in [0.2, 0.25) is 0 Å². The Morgan fingerprint density at radius 2 is 1.58 bits per heavy atom. The molecule has 26 heavy (non-hydrogen) atoms. The van der Waals surface area contributed by atoms with Gasteiger partial charge in [0.2, 0.25) is 5.91 Å². The Bertz CT molecular complexity index is 862. The number of carbonyl (C=O) groups excluding carboxylic acids is 1. The molecule has 0 bridgehead atoms. The number of sulfonamides is 1. The summed E-state index contributed by atoms with van der Waals surface area (Å²) in [6.45, 7) is 1.84. The molecular formula is C17H17F3N2O3S. The molecule has 2 aromatic rings. The smallest absolute Gasteiger partial charge is 0.356 e. The average molecular weight is 386 g/mol. The highest BCUT2D eigenvalue weighted by Crippen LogP contribution is 2.30. The third kappa shape index (κ3) is 5.48. The maximum Gasteiger partial charge on any atom is 0.416 e. The van der Waals surface area contributed by atoms with Gasteiger partial charge in [-0.05, 0) is 48.4 Å². The van der Waals surface area contributed by atoms with Crippen molar-refractivity contribution in [3.63, 3.8) is 0 Å². The maximum absolute atomic E-state index is 12.5. The van der Waals surface area contributed by atoms with Gasteiger partial charge in [0.15, 0.2) is 0 Å². The molecule has 0 heterocycles. The van der Waals surface area contributed by atoms with Crippen LogP contribution in [-0.4, -0.2) is 20.9 Å². The first-order valence-electron chi connectivity index (χ1n) is 7.61. The fourth-order valence-electron chi connectivity index (χ4n) is 2.16. The molecule has 5 nitrogen and oxygen atoms in total. The van der Waals surface area contributed by atoms with Crippen LogP contribution < -0.4 is 10.0 Å². The number of carbonyl (C=O) groups is 1. The van der Waals surface area contributed by atoms with Gasteiger partial charge in [-0.15, -0.1) is 0 Å². The standard InChI is InChI=1S/C17H17F3N2O3S/c1-12(23)21-11-10-13-2-8-16(9-3-13)26(24,25)22-15-6-4-14(5-7-15)17(18,19)20/h2-9,22H,10-11H2,1H3,(H,21,23). The van der Waals surface area contributed by atoms with E-state index in [1.54, 1.807) is 12.1 Å². The van der Waals surface area contributed by atoms with E-state index in [0.29, 0.717) is 13.0 Å². The highest BCUT2D eigenvalue weighted by Gasteiger charge is 2.30. The van der Waals surface area contributed by atoms with Crippen molar-refractivity contribution in [1.29, 1.82) is 0 Å². The van der Waals surface area contributed by atoms with Gasteiger partial charge in [-0.1, -0.05) is 12.1 Å². The monoisotopic (exact) mass is 386 g/mol. The van der Waals surface area contributed by atoms with E-state index in [0.717, 1.165) is 29.8 Å². The second kappa shape index (κ2) is 7.77. The summed E-state index contributed by atoms with van der Waals surface area (Å²) in [5.41, 5.74) is 0.0175. The van der Waals surface area contributed by atoms with Crippen LogP contribution in [0.15, 0.2) is 53.4 Å². The molecule has 0 fully saturated rings. The zero-order chi connectivity index (χ0) is 19.4. The van der Waals surface area contributed by atoms with E-state index >= 15 is 0 Å². The summed E-state index contributed by atoms with van der Waals surface area (Å²) in [7, 11) is -3.91. The lowest BCUT2D eigenvalue weighted by Crippen LogP contribution is -2.22.